The van der Waals surface area contributed by atoms with Crippen LogP contribution in [0.15, 0.2) is 18.3 Å². The topological polar surface area (TPSA) is 48.1 Å². The molecule has 0 bridgehead atoms. The largest absolute Gasteiger partial charge is 0.381 e. The van der Waals surface area contributed by atoms with Gasteiger partial charge in [0.25, 0.3) is 0 Å². The van der Waals surface area contributed by atoms with E-state index in [0.29, 0.717) is 5.92 Å². The molecule has 1 fully saturated rings. The first-order chi connectivity index (χ1) is 7.29. The number of hydrogen-bond donors (Lipinski definition) is 1. The van der Waals surface area contributed by atoms with Crippen molar-refractivity contribution in [2.45, 2.75) is 25.8 Å². The van der Waals surface area contributed by atoms with Crippen molar-refractivity contribution in [1.29, 1.82) is 0 Å². The van der Waals surface area contributed by atoms with Crippen LogP contribution >= 0.6 is 0 Å². The summed E-state index contributed by atoms with van der Waals surface area (Å²) in [4.78, 5) is 4.37. The molecule has 2 heterocycles. The molecule has 0 radical (unpaired) electrons. The van der Waals surface area contributed by atoms with Crippen molar-refractivity contribution in [2.24, 2.45) is 11.7 Å². The lowest BCUT2D eigenvalue weighted by molar-refractivity contribution is 0.0441. The Kier molecular flexibility index (Phi) is 3.34. The van der Waals surface area contributed by atoms with E-state index in [0.717, 1.165) is 31.7 Å². The predicted octanol–water partition coefficient (Wildman–Crippen LogP) is 1.82. The molecule has 1 saturated heterocycles. The van der Waals surface area contributed by atoms with Crippen LogP contribution in [0.25, 0.3) is 0 Å². The number of aryl methyl sites for hydroxylation is 1. The summed E-state index contributed by atoms with van der Waals surface area (Å²) < 4.78 is 5.46. The molecule has 2 N–H and O–H groups in total. The van der Waals surface area contributed by atoms with Crippen molar-refractivity contribution in [1.82, 2.24) is 4.98 Å². The van der Waals surface area contributed by atoms with Gasteiger partial charge in [0.15, 0.2) is 0 Å². The molecular weight excluding hydrogens is 188 g/mol. The van der Waals surface area contributed by atoms with Gasteiger partial charge in [-0.3, -0.25) is 4.98 Å². The molecule has 0 spiro atoms. The van der Waals surface area contributed by atoms with Gasteiger partial charge < -0.3 is 10.5 Å². The Morgan fingerprint density at radius 3 is 3.13 bits per heavy atom. The second-order valence-corrected chi connectivity index (χ2v) is 4.21. The highest BCUT2D eigenvalue weighted by Gasteiger charge is 2.24. The van der Waals surface area contributed by atoms with E-state index < -0.39 is 0 Å². The van der Waals surface area contributed by atoms with E-state index in [1.807, 2.05) is 12.3 Å². The molecule has 1 aromatic rings. The molecule has 82 valence electrons. The molecule has 0 aromatic carbocycles. The minimum atomic E-state index is 0.0199. The van der Waals surface area contributed by atoms with Crippen LogP contribution in [0.5, 0.6) is 0 Å². The second-order valence-electron chi connectivity index (χ2n) is 4.21. The van der Waals surface area contributed by atoms with Gasteiger partial charge in [0.05, 0.1) is 18.3 Å². The third kappa shape index (κ3) is 2.36. The van der Waals surface area contributed by atoms with Gasteiger partial charge in [0.1, 0.15) is 0 Å². The highest BCUT2D eigenvalue weighted by Crippen LogP contribution is 2.26. The molecule has 1 aliphatic heterocycles. The van der Waals surface area contributed by atoms with Gasteiger partial charge >= 0.3 is 0 Å². The summed E-state index contributed by atoms with van der Waals surface area (Å²) in [5.74, 6) is 0.423. The van der Waals surface area contributed by atoms with Crippen LogP contribution in [0.1, 0.15) is 30.1 Å². The number of nitrogens with two attached hydrogens (primary N) is 1. The van der Waals surface area contributed by atoms with Gasteiger partial charge in [0, 0.05) is 18.7 Å². The maximum absolute atomic E-state index is 6.23. The molecule has 3 nitrogen and oxygen atoms in total. The maximum atomic E-state index is 6.23. The van der Waals surface area contributed by atoms with Crippen LogP contribution in [0.4, 0.5) is 0 Å². The Morgan fingerprint density at radius 2 is 2.47 bits per heavy atom. The van der Waals surface area contributed by atoms with Crippen LogP contribution in [0, 0.1) is 12.8 Å². The average molecular weight is 206 g/mol. The highest BCUT2D eigenvalue weighted by atomic mass is 16.5. The number of pyridine rings is 1. The van der Waals surface area contributed by atoms with Crippen molar-refractivity contribution >= 4 is 0 Å². The quantitative estimate of drug-likeness (QED) is 0.803. The minimum absolute atomic E-state index is 0.0199. The van der Waals surface area contributed by atoms with Crippen LogP contribution in [-0.2, 0) is 4.74 Å². The highest BCUT2D eigenvalue weighted by molar-refractivity contribution is 5.21. The van der Waals surface area contributed by atoms with Crippen molar-refractivity contribution in [3.05, 3.63) is 29.6 Å². The zero-order valence-corrected chi connectivity index (χ0v) is 9.15. The first-order valence-corrected chi connectivity index (χ1v) is 5.54. The van der Waals surface area contributed by atoms with Crippen LogP contribution in [0.2, 0.25) is 0 Å². The van der Waals surface area contributed by atoms with Crippen LogP contribution < -0.4 is 5.73 Å². The zero-order valence-electron chi connectivity index (χ0n) is 9.15. The molecule has 2 atom stereocenters. The van der Waals surface area contributed by atoms with Gasteiger partial charge in [-0.1, -0.05) is 6.07 Å². The molecule has 15 heavy (non-hydrogen) atoms. The van der Waals surface area contributed by atoms with E-state index in [4.69, 9.17) is 10.5 Å². The zero-order chi connectivity index (χ0) is 10.7. The summed E-state index contributed by atoms with van der Waals surface area (Å²) in [5.41, 5.74) is 8.43. The Hall–Kier alpha value is -0.930. The van der Waals surface area contributed by atoms with Gasteiger partial charge in [-0.2, -0.15) is 0 Å². The second kappa shape index (κ2) is 4.73. The smallest absolute Gasteiger partial charge is 0.0603 e. The summed E-state index contributed by atoms with van der Waals surface area (Å²) in [7, 11) is 0. The van der Waals surface area contributed by atoms with Crippen molar-refractivity contribution in [2.75, 3.05) is 13.2 Å². The van der Waals surface area contributed by atoms with Crippen molar-refractivity contribution in [3.8, 4) is 0 Å². The van der Waals surface area contributed by atoms with Crippen molar-refractivity contribution in [3.63, 3.8) is 0 Å². The average Bonchev–Trinajstić information content (AvgIpc) is 2.30. The lowest BCUT2D eigenvalue weighted by Crippen LogP contribution is -2.30. The van der Waals surface area contributed by atoms with E-state index in [-0.39, 0.29) is 6.04 Å². The predicted molar refractivity (Wildman–Crippen MR) is 59.4 cm³/mol. The summed E-state index contributed by atoms with van der Waals surface area (Å²) in [6.45, 7) is 3.72. The van der Waals surface area contributed by atoms with Gasteiger partial charge in [-0.25, -0.2) is 0 Å². The third-order valence-corrected chi connectivity index (χ3v) is 3.07. The fourth-order valence-electron chi connectivity index (χ4n) is 2.12. The summed E-state index contributed by atoms with van der Waals surface area (Å²) >= 11 is 0. The molecule has 1 aromatic heterocycles. The molecule has 3 heteroatoms. The summed E-state index contributed by atoms with van der Waals surface area (Å²) in [5, 5.41) is 0. The monoisotopic (exact) mass is 206 g/mol. The SMILES string of the molecule is Cc1cccnc1C(N)C1CCCOC1. The lowest BCUT2D eigenvalue weighted by Gasteiger charge is -2.27. The number of hydrogen-bond acceptors (Lipinski definition) is 3. The molecule has 2 unspecified atom stereocenters. The number of aromatic nitrogens is 1. The number of ether oxygens (including phenoxy) is 1. The van der Waals surface area contributed by atoms with Crippen molar-refractivity contribution < 1.29 is 4.74 Å². The van der Waals surface area contributed by atoms with E-state index in [1.165, 1.54) is 5.56 Å². The van der Waals surface area contributed by atoms with Gasteiger partial charge in [-0.05, 0) is 31.4 Å². The van der Waals surface area contributed by atoms with E-state index >= 15 is 0 Å². The van der Waals surface area contributed by atoms with Crippen LogP contribution in [-0.4, -0.2) is 18.2 Å². The first-order valence-electron chi connectivity index (χ1n) is 5.54. The Balaban J connectivity index is 2.12. The summed E-state index contributed by atoms with van der Waals surface area (Å²) in [6.07, 6.45) is 4.08. The fraction of sp³-hybridized carbons (Fsp3) is 0.583. The van der Waals surface area contributed by atoms with E-state index in [1.54, 1.807) is 0 Å². The Morgan fingerprint density at radius 1 is 1.60 bits per heavy atom. The maximum Gasteiger partial charge on any atom is 0.0603 e. The Bertz CT molecular complexity index is 321. The molecule has 0 amide bonds. The van der Waals surface area contributed by atoms with E-state index in [2.05, 4.69) is 18.0 Å². The standard InChI is InChI=1S/C12H18N2O/c1-9-4-2-6-14-12(9)11(13)10-5-3-7-15-8-10/h2,4,6,10-11H,3,5,7-8,13H2,1H3. The summed E-state index contributed by atoms with van der Waals surface area (Å²) in [6, 6.07) is 4.03. The molecule has 2 rings (SSSR count). The van der Waals surface area contributed by atoms with E-state index in [9.17, 15) is 0 Å². The molecule has 0 saturated carbocycles. The molecular formula is C12H18N2O. The van der Waals surface area contributed by atoms with Gasteiger partial charge in [0.2, 0.25) is 0 Å². The molecule has 1 aliphatic rings. The fourth-order valence-corrected chi connectivity index (χ4v) is 2.12. The minimum Gasteiger partial charge on any atom is -0.381 e. The molecule has 0 aliphatic carbocycles. The number of nitrogens with zero attached hydrogens (tertiary/aromatic N) is 1. The van der Waals surface area contributed by atoms with Gasteiger partial charge in [-0.15, -0.1) is 0 Å². The number of rotatable bonds is 2. The normalized spacial score (nSPS) is 23.7. The Labute approximate surface area is 90.7 Å². The third-order valence-electron chi connectivity index (χ3n) is 3.07. The van der Waals surface area contributed by atoms with Crippen LogP contribution in [0.3, 0.4) is 0 Å². The first kappa shape index (κ1) is 10.6. The lowest BCUT2D eigenvalue weighted by atomic mass is 9.90.